The summed E-state index contributed by atoms with van der Waals surface area (Å²) in [6.45, 7) is 0. The van der Waals surface area contributed by atoms with Gasteiger partial charge in [0.25, 0.3) is 0 Å². The molecule has 2 aliphatic carbocycles. The SMILES string of the molecule is N#Cc1ccc2c(c1)c1ccccc1n2-c1ccc(-c2ccc(-c3nc4ccccc4c4cc5c(cc34)Oc3ccccc3C53c4ccccc4-c4ccccc43)cc2)cc1.c1ccc(-c2nc3ccc(-c4ccc(-c5nc6ccccc6c6cc7c(cc56)Oc5ccccc5C75c6ccccc6-c6ccccc65)cc4)cc3nc2-c2ccccc2)cc1. The van der Waals surface area contributed by atoms with Crippen LogP contribution >= 0.6 is 0 Å². The van der Waals surface area contributed by atoms with E-state index in [4.69, 9.17) is 29.4 Å². The molecule has 0 bridgehead atoms. The van der Waals surface area contributed by atoms with E-state index in [-0.39, 0.29) is 0 Å². The average molecular weight is 1570 g/mol. The van der Waals surface area contributed by atoms with E-state index in [1.54, 1.807) is 0 Å². The molecule has 0 unspecified atom stereocenters. The summed E-state index contributed by atoms with van der Waals surface area (Å²) in [7, 11) is 0. The molecule has 26 rings (SSSR count). The summed E-state index contributed by atoms with van der Waals surface area (Å²) in [5.41, 5.74) is 33.4. The Morgan fingerprint density at radius 3 is 1.07 bits per heavy atom. The summed E-state index contributed by atoms with van der Waals surface area (Å²) in [6.07, 6.45) is 0. The standard InChI is InChI=1S/C58H35N3O.C57H33N3O/c1-3-15-37(16-4-1)56-57(38-17-5-2-6-18-38)61-52-33-40(31-32-51(52)60-56)36-27-29-39(30-28-36)55-45-35-54-49(34-44(45)43-21-9-13-25-50(43)59-55)58(48-24-12-14-26-53(48)62-54)46-22-10-7-19-41(46)42-20-8-11-23-47(42)58;58-34-35-21-30-53-45(31-35)43-14-4-9-19-52(43)60(53)39-28-26-37(27-29-39)36-22-24-38(25-23-36)56-46-33-55-50(32-44(46)42-13-3-8-18-51(42)59-56)57(49-17-7-10-20-54(49)61-55)47-15-5-1-11-40(47)41-12-2-6-16-48(41)57/h1-35H;1-33H. The van der Waals surface area contributed by atoms with Crippen LogP contribution < -0.4 is 9.47 Å². The van der Waals surface area contributed by atoms with Crippen molar-refractivity contribution in [2.45, 2.75) is 10.8 Å². The second kappa shape index (κ2) is 27.3. The van der Waals surface area contributed by atoms with Crippen LogP contribution in [-0.4, -0.2) is 24.5 Å². The predicted molar refractivity (Wildman–Crippen MR) is 498 cm³/mol. The van der Waals surface area contributed by atoms with Crippen molar-refractivity contribution in [3.63, 3.8) is 0 Å². The van der Waals surface area contributed by atoms with Gasteiger partial charge in [-0.05, 0) is 175 Å². The molecule has 0 amide bonds. The molecule has 2 spiro atoms. The number of pyridine rings is 2. The van der Waals surface area contributed by atoms with E-state index in [1.165, 1.54) is 44.5 Å². The zero-order chi connectivity index (χ0) is 81.0. The summed E-state index contributed by atoms with van der Waals surface area (Å²) in [5.74, 6) is 3.44. The van der Waals surface area contributed by atoms with Crippen molar-refractivity contribution in [2.24, 2.45) is 0 Å². The van der Waals surface area contributed by atoms with Gasteiger partial charge in [0.1, 0.15) is 23.0 Å². The van der Waals surface area contributed by atoms with Crippen molar-refractivity contribution in [3.05, 3.63) is 463 Å². The Bertz CT molecular complexity index is 8160. The number of nitriles is 1. The first-order chi connectivity index (χ1) is 60.9. The maximum Gasteiger partial charge on any atom is 0.132 e. The van der Waals surface area contributed by atoms with Crippen molar-refractivity contribution in [1.82, 2.24) is 24.5 Å². The van der Waals surface area contributed by atoms with Crippen molar-refractivity contribution in [3.8, 4) is 124 Å². The summed E-state index contributed by atoms with van der Waals surface area (Å²) in [4.78, 5) is 21.1. The van der Waals surface area contributed by atoms with Gasteiger partial charge in [0.15, 0.2) is 0 Å². The lowest BCUT2D eigenvalue weighted by Gasteiger charge is -2.39. The van der Waals surface area contributed by atoms with Crippen molar-refractivity contribution >= 4 is 76.2 Å². The monoisotopic (exact) mass is 1560 g/mol. The molecule has 4 aliphatic rings. The van der Waals surface area contributed by atoms with Crippen LogP contribution in [0.2, 0.25) is 0 Å². The maximum absolute atomic E-state index is 9.60. The Labute approximate surface area is 708 Å². The second-order valence-corrected chi connectivity index (χ2v) is 32.4. The van der Waals surface area contributed by atoms with Gasteiger partial charge in [-0.3, -0.25) is 0 Å². The van der Waals surface area contributed by atoms with Crippen LogP contribution in [0, 0.1) is 11.3 Å². The van der Waals surface area contributed by atoms with Crippen LogP contribution in [0.3, 0.4) is 0 Å². The minimum absolute atomic E-state index is 0.546. The summed E-state index contributed by atoms with van der Waals surface area (Å²) in [6, 6.07) is 149. The van der Waals surface area contributed by atoms with E-state index in [9.17, 15) is 5.26 Å². The van der Waals surface area contributed by atoms with Gasteiger partial charge in [-0.1, -0.05) is 315 Å². The molecule has 18 aromatic carbocycles. The van der Waals surface area contributed by atoms with Crippen LogP contribution in [-0.2, 0) is 10.8 Å². The zero-order valence-corrected chi connectivity index (χ0v) is 66.3. The van der Waals surface area contributed by atoms with E-state index in [1.807, 2.05) is 48.5 Å². The van der Waals surface area contributed by atoms with E-state index in [0.29, 0.717) is 5.56 Å². The van der Waals surface area contributed by atoms with Gasteiger partial charge in [-0.25, -0.2) is 19.9 Å². The van der Waals surface area contributed by atoms with Crippen LogP contribution in [0.15, 0.2) is 413 Å². The van der Waals surface area contributed by atoms with Gasteiger partial charge in [0, 0.05) is 82.5 Å². The van der Waals surface area contributed by atoms with Crippen LogP contribution in [0.5, 0.6) is 23.0 Å². The molecule has 4 aromatic heterocycles. The minimum atomic E-state index is -0.549. The highest BCUT2D eigenvalue weighted by atomic mass is 16.5. The largest absolute Gasteiger partial charge is 0.457 e. The first-order valence-corrected chi connectivity index (χ1v) is 41.8. The van der Waals surface area contributed by atoms with E-state index >= 15 is 0 Å². The number of benzene rings is 18. The van der Waals surface area contributed by atoms with Gasteiger partial charge in [0.05, 0.1) is 78.3 Å². The third-order valence-electron chi connectivity index (χ3n) is 26.0. The van der Waals surface area contributed by atoms with Gasteiger partial charge >= 0.3 is 0 Å². The molecule has 0 atom stereocenters. The van der Waals surface area contributed by atoms with E-state index in [0.717, 1.165) is 194 Å². The van der Waals surface area contributed by atoms with Crippen molar-refractivity contribution < 1.29 is 9.47 Å². The molecule has 0 saturated heterocycles. The number of aromatic nitrogens is 5. The second-order valence-electron chi connectivity index (χ2n) is 32.4. The number of hydrogen-bond acceptors (Lipinski definition) is 7. The lowest BCUT2D eigenvalue weighted by atomic mass is 9.65. The first kappa shape index (κ1) is 69.6. The van der Waals surface area contributed by atoms with Gasteiger partial charge in [0.2, 0.25) is 0 Å². The molecule has 6 heterocycles. The molecule has 0 N–H and O–H groups in total. The molecule has 123 heavy (non-hydrogen) atoms. The average Bonchev–Trinajstić information content (AvgIpc) is 1.52. The third-order valence-corrected chi connectivity index (χ3v) is 26.0. The summed E-state index contributed by atoms with van der Waals surface area (Å²) < 4.78 is 16.2. The van der Waals surface area contributed by atoms with Gasteiger partial charge in [-0.15, -0.1) is 0 Å². The highest BCUT2D eigenvalue weighted by Crippen LogP contribution is 2.65. The number of ether oxygens (including phenoxy) is 2. The molecule has 570 valence electrons. The molecule has 0 saturated carbocycles. The topological polar surface area (TPSA) is 98.7 Å². The minimum Gasteiger partial charge on any atom is -0.457 e. The number of rotatable bonds is 7. The van der Waals surface area contributed by atoms with Gasteiger partial charge in [-0.2, -0.15) is 5.26 Å². The smallest absolute Gasteiger partial charge is 0.132 e. The highest BCUT2D eigenvalue weighted by Gasteiger charge is 2.53. The Morgan fingerprint density at radius 2 is 0.585 bits per heavy atom. The number of hydrogen-bond donors (Lipinski definition) is 0. The fourth-order valence-corrected chi connectivity index (χ4v) is 20.6. The number of fused-ring (bicyclic) bond motifs is 28. The normalized spacial score (nSPS) is 13.1. The number of para-hydroxylation sites is 5. The molecule has 2 aliphatic heterocycles. The fourth-order valence-electron chi connectivity index (χ4n) is 20.6. The highest BCUT2D eigenvalue weighted by molar-refractivity contribution is 6.15. The van der Waals surface area contributed by atoms with Crippen LogP contribution in [0.4, 0.5) is 0 Å². The zero-order valence-electron chi connectivity index (χ0n) is 66.3. The maximum atomic E-state index is 9.60. The van der Waals surface area contributed by atoms with Crippen LogP contribution in [0.1, 0.15) is 50.1 Å². The van der Waals surface area contributed by atoms with Crippen molar-refractivity contribution in [2.75, 3.05) is 0 Å². The summed E-state index contributed by atoms with van der Waals surface area (Å²) >= 11 is 0. The quantitative estimate of drug-likeness (QED) is 0.147. The van der Waals surface area contributed by atoms with Gasteiger partial charge < -0.3 is 14.0 Å². The molecule has 0 fully saturated rings. The Balaban J connectivity index is 0.000000135. The first-order valence-electron chi connectivity index (χ1n) is 41.8. The Hall–Kier alpha value is -16.5. The predicted octanol–water partition coefficient (Wildman–Crippen LogP) is 28.6. The third kappa shape index (κ3) is 10.5. The number of nitrogens with zero attached hydrogens (tertiary/aromatic N) is 6. The molecule has 8 nitrogen and oxygen atoms in total. The fraction of sp³-hybridized carbons (Fsp3) is 0.0174. The lowest BCUT2D eigenvalue weighted by Crippen LogP contribution is -2.32. The molecule has 8 heteroatoms. The Morgan fingerprint density at radius 1 is 0.220 bits per heavy atom. The van der Waals surface area contributed by atoms with Crippen LogP contribution in [0.25, 0.3) is 171 Å². The van der Waals surface area contributed by atoms with Crippen molar-refractivity contribution in [1.29, 1.82) is 5.26 Å². The lowest BCUT2D eigenvalue weighted by molar-refractivity contribution is 0.437. The Kier molecular flexibility index (Phi) is 15.5. The summed E-state index contributed by atoms with van der Waals surface area (Å²) in [5, 5.41) is 18.4. The molecule has 22 aromatic rings. The van der Waals surface area contributed by atoms with E-state index < -0.39 is 10.8 Å². The molecular weight excluding hydrogens is 1500 g/mol. The van der Waals surface area contributed by atoms with E-state index in [2.05, 4.69) is 375 Å². The molecular formula is C115H68N6O2. The molecule has 0 radical (unpaired) electrons.